The predicted molar refractivity (Wildman–Crippen MR) is 84.9 cm³/mol. The van der Waals surface area contributed by atoms with Crippen LogP contribution in [0.3, 0.4) is 0 Å². The van der Waals surface area contributed by atoms with Crippen LogP contribution in [0.2, 0.25) is 0 Å². The smallest absolute Gasteiger partial charge is 0.251 e. The van der Waals surface area contributed by atoms with Crippen molar-refractivity contribution in [3.05, 3.63) is 39.1 Å². The molecule has 0 radical (unpaired) electrons. The second-order valence-corrected chi connectivity index (χ2v) is 6.93. The highest BCUT2D eigenvalue weighted by Gasteiger charge is 2.35. The van der Waals surface area contributed by atoms with E-state index in [9.17, 15) is 9.59 Å². The predicted octanol–water partition coefficient (Wildman–Crippen LogP) is 1.94. The quantitative estimate of drug-likeness (QED) is 0.808. The molecule has 2 aliphatic heterocycles. The Balaban J connectivity index is 1.79. The fourth-order valence-electron chi connectivity index (χ4n) is 3.72. The molecule has 22 heavy (non-hydrogen) atoms. The van der Waals surface area contributed by atoms with Gasteiger partial charge in [0.15, 0.2) is 0 Å². The third kappa shape index (κ3) is 2.18. The maximum Gasteiger partial charge on any atom is 0.251 e. The Morgan fingerprint density at radius 2 is 2.18 bits per heavy atom. The summed E-state index contributed by atoms with van der Waals surface area (Å²) in [5, 5.41) is 1.96. The summed E-state index contributed by atoms with van der Waals surface area (Å²) in [5.74, 6) is 0.766. The standard InChI is InChI=1S/C16H17N3O2S/c1-10(20)18-5-11-2-13(7-18)15-3-12(14-8-22-9-17-14)4-16(21)19(15)6-11/h3-4,8-9,11,13H,2,5-7H2,1H3/t11-,13+/m0/s1. The Morgan fingerprint density at radius 3 is 2.91 bits per heavy atom. The van der Waals surface area contributed by atoms with Crippen molar-refractivity contribution in [2.45, 2.75) is 25.8 Å². The normalized spacial score (nSPS) is 23.2. The lowest BCUT2D eigenvalue weighted by Gasteiger charge is -2.42. The van der Waals surface area contributed by atoms with Gasteiger partial charge in [0, 0.05) is 55.2 Å². The number of thiazole rings is 1. The minimum absolute atomic E-state index is 0.0477. The van der Waals surface area contributed by atoms with Crippen molar-refractivity contribution in [3.63, 3.8) is 0 Å². The number of carbonyl (C=O) groups excluding carboxylic acids is 1. The van der Waals surface area contributed by atoms with E-state index in [4.69, 9.17) is 0 Å². The number of rotatable bonds is 1. The van der Waals surface area contributed by atoms with Gasteiger partial charge in [-0.2, -0.15) is 0 Å². The van der Waals surface area contributed by atoms with E-state index in [1.807, 2.05) is 14.8 Å². The lowest BCUT2D eigenvalue weighted by Crippen LogP contribution is -2.48. The number of fused-ring (bicyclic) bond motifs is 4. The van der Waals surface area contributed by atoms with Crippen LogP contribution < -0.4 is 5.56 Å². The summed E-state index contributed by atoms with van der Waals surface area (Å²) in [6, 6.07) is 3.77. The first kappa shape index (κ1) is 13.7. The summed E-state index contributed by atoms with van der Waals surface area (Å²) in [6.07, 6.45) is 1.06. The van der Waals surface area contributed by atoms with Crippen molar-refractivity contribution < 1.29 is 4.79 Å². The van der Waals surface area contributed by atoms with Gasteiger partial charge in [0.25, 0.3) is 5.56 Å². The van der Waals surface area contributed by atoms with Crippen LogP contribution in [0, 0.1) is 5.92 Å². The van der Waals surface area contributed by atoms with E-state index in [0.717, 1.165) is 29.9 Å². The molecule has 0 aromatic carbocycles. The SMILES string of the molecule is CC(=O)N1C[C@@H]2C[C@H](C1)c1cc(-c3cscn3)cc(=O)n1C2. The van der Waals surface area contributed by atoms with Crippen molar-refractivity contribution in [1.82, 2.24) is 14.5 Å². The van der Waals surface area contributed by atoms with Crippen molar-refractivity contribution in [2.24, 2.45) is 5.92 Å². The van der Waals surface area contributed by atoms with E-state index >= 15 is 0 Å². The summed E-state index contributed by atoms with van der Waals surface area (Å²) >= 11 is 1.53. The van der Waals surface area contributed by atoms with Gasteiger partial charge < -0.3 is 9.47 Å². The number of pyridine rings is 1. The Labute approximate surface area is 132 Å². The summed E-state index contributed by atoms with van der Waals surface area (Å²) in [7, 11) is 0. The largest absolute Gasteiger partial charge is 0.342 e. The molecular weight excluding hydrogens is 298 g/mol. The molecule has 2 atom stereocenters. The Kier molecular flexibility index (Phi) is 3.14. The average Bonchev–Trinajstić information content (AvgIpc) is 3.02. The molecule has 4 heterocycles. The number of hydrogen-bond donors (Lipinski definition) is 0. The van der Waals surface area contributed by atoms with Crippen molar-refractivity contribution >= 4 is 17.2 Å². The van der Waals surface area contributed by atoms with Crippen LogP contribution in [0.4, 0.5) is 0 Å². The van der Waals surface area contributed by atoms with Gasteiger partial charge in [0.2, 0.25) is 5.91 Å². The fraction of sp³-hybridized carbons (Fsp3) is 0.438. The molecule has 5 nitrogen and oxygen atoms in total. The number of nitrogens with zero attached hydrogens (tertiary/aromatic N) is 3. The monoisotopic (exact) mass is 315 g/mol. The molecule has 2 aliphatic rings. The highest BCUT2D eigenvalue weighted by Crippen LogP contribution is 2.36. The first-order valence-electron chi connectivity index (χ1n) is 7.50. The Bertz CT molecular complexity index is 781. The topological polar surface area (TPSA) is 55.2 Å². The molecule has 1 amide bonds. The summed E-state index contributed by atoms with van der Waals surface area (Å²) in [4.78, 5) is 30.4. The molecule has 114 valence electrons. The molecular formula is C16H17N3O2S. The summed E-state index contributed by atoms with van der Waals surface area (Å²) in [5.41, 5.74) is 4.62. The lowest BCUT2D eigenvalue weighted by molar-refractivity contribution is -0.131. The maximum absolute atomic E-state index is 12.5. The molecule has 0 spiro atoms. The van der Waals surface area contributed by atoms with E-state index in [-0.39, 0.29) is 17.4 Å². The Hall–Kier alpha value is -1.95. The van der Waals surface area contributed by atoms with E-state index in [2.05, 4.69) is 11.1 Å². The number of hydrogen-bond acceptors (Lipinski definition) is 4. The summed E-state index contributed by atoms with van der Waals surface area (Å²) < 4.78 is 1.90. The molecule has 0 aliphatic carbocycles. The zero-order valence-corrected chi connectivity index (χ0v) is 13.2. The van der Waals surface area contributed by atoms with Gasteiger partial charge in [-0.3, -0.25) is 9.59 Å². The minimum Gasteiger partial charge on any atom is -0.342 e. The zero-order valence-electron chi connectivity index (χ0n) is 12.4. The van der Waals surface area contributed by atoms with E-state index < -0.39 is 0 Å². The highest BCUT2D eigenvalue weighted by molar-refractivity contribution is 7.07. The van der Waals surface area contributed by atoms with Gasteiger partial charge in [-0.1, -0.05) is 0 Å². The van der Waals surface area contributed by atoms with Gasteiger partial charge in [-0.15, -0.1) is 11.3 Å². The number of piperidine rings is 1. The molecule has 0 N–H and O–H groups in total. The van der Waals surface area contributed by atoms with Crippen molar-refractivity contribution in [3.8, 4) is 11.3 Å². The lowest BCUT2D eigenvalue weighted by atomic mass is 9.82. The van der Waals surface area contributed by atoms with E-state index in [1.165, 1.54) is 11.3 Å². The van der Waals surface area contributed by atoms with Crippen LogP contribution in [0.1, 0.15) is 25.0 Å². The first-order chi connectivity index (χ1) is 10.6. The average molecular weight is 315 g/mol. The van der Waals surface area contributed by atoms with Gasteiger partial charge >= 0.3 is 0 Å². The zero-order chi connectivity index (χ0) is 15.3. The first-order valence-corrected chi connectivity index (χ1v) is 8.45. The van der Waals surface area contributed by atoms with Crippen LogP contribution in [-0.4, -0.2) is 33.4 Å². The number of carbonyl (C=O) groups is 1. The molecule has 2 aromatic rings. The number of amides is 1. The fourth-order valence-corrected chi connectivity index (χ4v) is 4.28. The molecule has 0 unspecified atom stereocenters. The van der Waals surface area contributed by atoms with Crippen LogP contribution in [0.5, 0.6) is 0 Å². The third-order valence-electron chi connectivity index (χ3n) is 4.73. The molecule has 1 saturated heterocycles. The minimum atomic E-state index is 0.0477. The van der Waals surface area contributed by atoms with Gasteiger partial charge in [-0.25, -0.2) is 4.98 Å². The third-order valence-corrected chi connectivity index (χ3v) is 5.32. The van der Waals surface area contributed by atoms with Gasteiger partial charge in [0.05, 0.1) is 11.2 Å². The van der Waals surface area contributed by atoms with Gasteiger partial charge in [-0.05, 0) is 18.4 Å². The van der Waals surface area contributed by atoms with E-state index in [0.29, 0.717) is 19.0 Å². The number of aromatic nitrogens is 2. The molecule has 2 bridgehead atoms. The van der Waals surface area contributed by atoms with Gasteiger partial charge in [0.1, 0.15) is 0 Å². The van der Waals surface area contributed by atoms with Crippen LogP contribution in [-0.2, 0) is 11.3 Å². The van der Waals surface area contributed by atoms with Crippen molar-refractivity contribution in [1.29, 1.82) is 0 Å². The van der Waals surface area contributed by atoms with E-state index in [1.54, 1.807) is 18.5 Å². The molecule has 1 fully saturated rings. The summed E-state index contributed by atoms with van der Waals surface area (Å²) in [6.45, 7) is 3.82. The molecule has 6 heteroatoms. The highest BCUT2D eigenvalue weighted by atomic mass is 32.1. The molecule has 4 rings (SSSR count). The van der Waals surface area contributed by atoms with Crippen LogP contribution in [0.25, 0.3) is 11.3 Å². The van der Waals surface area contributed by atoms with Crippen LogP contribution in [0.15, 0.2) is 27.8 Å². The van der Waals surface area contributed by atoms with Crippen LogP contribution >= 0.6 is 11.3 Å². The molecule has 0 saturated carbocycles. The number of likely N-dealkylation sites (tertiary alicyclic amines) is 1. The van der Waals surface area contributed by atoms with Crippen molar-refractivity contribution in [2.75, 3.05) is 13.1 Å². The maximum atomic E-state index is 12.5. The molecule has 2 aromatic heterocycles. The second kappa shape index (κ2) is 5.05. The Morgan fingerprint density at radius 1 is 1.32 bits per heavy atom. The second-order valence-electron chi connectivity index (χ2n) is 6.21.